The van der Waals surface area contributed by atoms with Crippen LogP contribution in [0.4, 0.5) is 0 Å². The van der Waals surface area contributed by atoms with Gasteiger partial charge in [-0.25, -0.2) is 4.98 Å². The minimum atomic E-state index is 0.635. The molecule has 2 N–H and O–H groups in total. The van der Waals surface area contributed by atoms with E-state index in [0.29, 0.717) is 6.04 Å². The molecule has 1 heterocycles. The van der Waals surface area contributed by atoms with Crippen LogP contribution < -0.4 is 5.73 Å². The predicted molar refractivity (Wildman–Crippen MR) is 64.6 cm³/mol. The summed E-state index contributed by atoms with van der Waals surface area (Å²) < 4.78 is 3.21. The maximum Gasteiger partial charge on any atom is 0.177 e. The van der Waals surface area contributed by atoms with Crippen molar-refractivity contribution in [1.82, 2.24) is 9.55 Å². The molecule has 2 rings (SSSR count). The van der Waals surface area contributed by atoms with Crippen LogP contribution in [0.3, 0.4) is 0 Å². The van der Waals surface area contributed by atoms with Crippen LogP contribution in [-0.2, 0) is 0 Å². The highest BCUT2D eigenvalue weighted by molar-refractivity contribution is 9.10. The van der Waals surface area contributed by atoms with Crippen molar-refractivity contribution in [1.29, 1.82) is 0 Å². The third kappa shape index (κ3) is 2.61. The van der Waals surface area contributed by atoms with E-state index in [-0.39, 0.29) is 0 Å². The van der Waals surface area contributed by atoms with Crippen molar-refractivity contribution < 1.29 is 0 Å². The maximum absolute atomic E-state index is 5.59. The van der Waals surface area contributed by atoms with Gasteiger partial charge < -0.3 is 10.3 Å². The topological polar surface area (TPSA) is 43.8 Å². The first-order chi connectivity index (χ1) is 7.31. The normalized spacial score (nSPS) is 26.8. The molecule has 0 spiro atoms. The molecule has 0 unspecified atom stereocenters. The lowest BCUT2D eigenvalue weighted by Gasteiger charge is -2.29. The monoisotopic (exact) mass is 271 g/mol. The van der Waals surface area contributed by atoms with Gasteiger partial charge in [-0.2, -0.15) is 0 Å². The van der Waals surface area contributed by atoms with Crippen LogP contribution in [0.25, 0.3) is 0 Å². The van der Waals surface area contributed by atoms with Crippen molar-refractivity contribution in [3.63, 3.8) is 0 Å². The quantitative estimate of drug-likeness (QED) is 0.919. The third-order valence-electron chi connectivity index (χ3n) is 3.41. The molecule has 0 amide bonds. The molecule has 0 bridgehead atoms. The van der Waals surface area contributed by atoms with Crippen LogP contribution in [0.15, 0.2) is 17.1 Å². The van der Waals surface area contributed by atoms with Gasteiger partial charge in [0.2, 0.25) is 0 Å². The molecule has 1 aromatic heterocycles. The number of hydrogen-bond donors (Lipinski definition) is 1. The minimum absolute atomic E-state index is 0.635. The van der Waals surface area contributed by atoms with E-state index in [1.54, 1.807) is 0 Å². The fourth-order valence-electron chi connectivity index (χ4n) is 2.51. The number of imidazole rings is 1. The summed E-state index contributed by atoms with van der Waals surface area (Å²) in [5.41, 5.74) is 5.59. The molecule has 84 valence electrons. The van der Waals surface area contributed by atoms with Gasteiger partial charge in [0.1, 0.15) is 0 Å². The van der Waals surface area contributed by atoms with Gasteiger partial charge in [0.15, 0.2) is 4.73 Å². The van der Waals surface area contributed by atoms with E-state index in [1.807, 2.05) is 6.20 Å². The minimum Gasteiger partial charge on any atom is -0.330 e. The largest absolute Gasteiger partial charge is 0.330 e. The van der Waals surface area contributed by atoms with Crippen molar-refractivity contribution in [3.05, 3.63) is 17.1 Å². The summed E-state index contributed by atoms with van der Waals surface area (Å²) >= 11 is 3.48. The lowest BCUT2D eigenvalue weighted by molar-refractivity contribution is 0.264. The Hall–Kier alpha value is -0.350. The van der Waals surface area contributed by atoms with Crippen molar-refractivity contribution in [3.8, 4) is 0 Å². The average molecular weight is 272 g/mol. The molecule has 0 aromatic carbocycles. The molecule has 1 saturated carbocycles. The number of rotatable bonds is 3. The second-order valence-electron chi connectivity index (χ2n) is 4.36. The Morgan fingerprint density at radius 1 is 1.40 bits per heavy atom. The lowest BCUT2D eigenvalue weighted by Crippen LogP contribution is -2.19. The van der Waals surface area contributed by atoms with E-state index >= 15 is 0 Å². The fourth-order valence-corrected chi connectivity index (χ4v) is 3.04. The number of halogens is 1. The van der Waals surface area contributed by atoms with E-state index in [4.69, 9.17) is 5.73 Å². The van der Waals surface area contributed by atoms with Crippen LogP contribution in [0.1, 0.15) is 38.1 Å². The first-order valence-electron chi connectivity index (χ1n) is 5.69. The zero-order chi connectivity index (χ0) is 10.7. The van der Waals surface area contributed by atoms with E-state index in [9.17, 15) is 0 Å². The van der Waals surface area contributed by atoms with Gasteiger partial charge in [-0.05, 0) is 60.5 Å². The Labute approximate surface area is 99.2 Å². The molecule has 0 radical (unpaired) electrons. The number of nitrogens with zero attached hydrogens (tertiary/aromatic N) is 2. The second-order valence-corrected chi connectivity index (χ2v) is 5.06. The Morgan fingerprint density at radius 3 is 2.67 bits per heavy atom. The summed E-state index contributed by atoms with van der Waals surface area (Å²) in [6, 6.07) is 0.635. The second kappa shape index (κ2) is 5.12. The van der Waals surface area contributed by atoms with Crippen LogP contribution in [0, 0.1) is 5.92 Å². The molecule has 1 fully saturated rings. The SMILES string of the molecule is NCCC1CCC(n2ccnc2Br)CC1. The van der Waals surface area contributed by atoms with Crippen LogP contribution in [0.2, 0.25) is 0 Å². The molecule has 1 aliphatic carbocycles. The zero-order valence-electron chi connectivity index (χ0n) is 8.90. The van der Waals surface area contributed by atoms with Crippen LogP contribution in [-0.4, -0.2) is 16.1 Å². The first kappa shape index (κ1) is 11.1. The summed E-state index contributed by atoms with van der Waals surface area (Å²) in [5.74, 6) is 0.855. The molecule has 3 nitrogen and oxygen atoms in total. The van der Waals surface area contributed by atoms with Gasteiger partial charge in [-0.1, -0.05) is 0 Å². The van der Waals surface area contributed by atoms with Crippen molar-refractivity contribution in [2.45, 2.75) is 38.1 Å². The highest BCUT2D eigenvalue weighted by Crippen LogP contribution is 2.34. The van der Waals surface area contributed by atoms with Crippen LogP contribution >= 0.6 is 15.9 Å². The van der Waals surface area contributed by atoms with Crippen molar-refractivity contribution >= 4 is 15.9 Å². The Kier molecular flexibility index (Phi) is 3.81. The Balaban J connectivity index is 1.91. The van der Waals surface area contributed by atoms with E-state index in [1.165, 1.54) is 32.1 Å². The molecular formula is C11H18BrN3. The molecule has 1 aromatic rings. The summed E-state index contributed by atoms with van der Waals surface area (Å²) in [5, 5.41) is 0. The number of nitrogens with two attached hydrogens (primary N) is 1. The van der Waals surface area contributed by atoms with Crippen molar-refractivity contribution in [2.24, 2.45) is 11.7 Å². The van der Waals surface area contributed by atoms with Gasteiger partial charge in [0, 0.05) is 18.4 Å². The van der Waals surface area contributed by atoms with Gasteiger partial charge >= 0.3 is 0 Å². The zero-order valence-corrected chi connectivity index (χ0v) is 10.5. The highest BCUT2D eigenvalue weighted by atomic mass is 79.9. The van der Waals surface area contributed by atoms with E-state index in [2.05, 4.69) is 31.7 Å². The first-order valence-corrected chi connectivity index (χ1v) is 6.49. The van der Waals surface area contributed by atoms with Gasteiger partial charge in [0.25, 0.3) is 0 Å². The molecule has 0 atom stereocenters. The standard InChI is InChI=1S/C11H18BrN3/c12-11-14-7-8-15(11)10-3-1-9(2-4-10)5-6-13/h7-10H,1-6,13H2. The summed E-state index contributed by atoms with van der Waals surface area (Å²) in [6.07, 6.45) is 10.3. The maximum atomic E-state index is 5.59. The van der Waals surface area contributed by atoms with E-state index in [0.717, 1.165) is 17.2 Å². The molecule has 15 heavy (non-hydrogen) atoms. The summed E-state index contributed by atoms with van der Waals surface area (Å²) in [4.78, 5) is 4.21. The third-order valence-corrected chi connectivity index (χ3v) is 4.02. The molecule has 4 heteroatoms. The van der Waals surface area contributed by atoms with E-state index < -0.39 is 0 Å². The Morgan fingerprint density at radius 2 is 2.13 bits per heavy atom. The molecule has 1 aliphatic rings. The smallest absolute Gasteiger partial charge is 0.177 e. The van der Waals surface area contributed by atoms with Gasteiger partial charge in [0.05, 0.1) is 0 Å². The van der Waals surface area contributed by atoms with Gasteiger partial charge in [-0.3, -0.25) is 0 Å². The van der Waals surface area contributed by atoms with Crippen molar-refractivity contribution in [2.75, 3.05) is 6.54 Å². The summed E-state index contributed by atoms with van der Waals surface area (Å²) in [6.45, 7) is 0.837. The number of aromatic nitrogens is 2. The fraction of sp³-hybridized carbons (Fsp3) is 0.727. The van der Waals surface area contributed by atoms with Gasteiger partial charge in [-0.15, -0.1) is 0 Å². The molecular weight excluding hydrogens is 254 g/mol. The Bertz CT molecular complexity index is 303. The summed E-state index contributed by atoms with van der Waals surface area (Å²) in [7, 11) is 0. The van der Waals surface area contributed by atoms with Crippen LogP contribution in [0.5, 0.6) is 0 Å². The highest BCUT2D eigenvalue weighted by Gasteiger charge is 2.22. The predicted octanol–water partition coefficient (Wildman–Crippen LogP) is 2.73. The molecule has 0 aliphatic heterocycles. The number of hydrogen-bond acceptors (Lipinski definition) is 2. The average Bonchev–Trinajstić information content (AvgIpc) is 2.66. The lowest BCUT2D eigenvalue weighted by atomic mass is 9.84. The molecule has 0 saturated heterocycles.